The van der Waals surface area contributed by atoms with Gasteiger partial charge >= 0.3 is 0 Å². The van der Waals surface area contributed by atoms with Crippen molar-refractivity contribution in [3.05, 3.63) is 29.3 Å². The highest BCUT2D eigenvalue weighted by molar-refractivity contribution is 5.88. The summed E-state index contributed by atoms with van der Waals surface area (Å²) >= 11 is 0. The molecule has 0 amide bonds. The first-order chi connectivity index (χ1) is 6.85. The lowest BCUT2D eigenvalue weighted by Crippen LogP contribution is -2.14. The third-order valence-electron chi connectivity index (χ3n) is 2.66. The first-order valence-corrected chi connectivity index (χ1v) is 4.69. The Labute approximate surface area is 83.0 Å². The summed E-state index contributed by atoms with van der Waals surface area (Å²) < 4.78 is 5.27. The Hall–Kier alpha value is -1.51. The van der Waals surface area contributed by atoms with Crippen LogP contribution in [-0.4, -0.2) is 18.0 Å². The number of nitrogens with zero attached hydrogens (tertiary/aromatic N) is 1. The Morgan fingerprint density at radius 3 is 2.93 bits per heavy atom. The zero-order valence-corrected chi connectivity index (χ0v) is 8.16. The Bertz CT molecular complexity index is 357. The summed E-state index contributed by atoms with van der Waals surface area (Å²) in [5.74, 6) is 0.892. The van der Waals surface area contributed by atoms with Gasteiger partial charge in [0.15, 0.2) is 0 Å². The van der Waals surface area contributed by atoms with Crippen molar-refractivity contribution in [3.63, 3.8) is 0 Å². The minimum atomic E-state index is 0.704. The molecule has 1 aliphatic rings. The number of ether oxygens (including phenoxy) is 1. The zero-order valence-electron chi connectivity index (χ0n) is 8.16. The smallest absolute Gasteiger partial charge is 0.122 e. The third kappa shape index (κ3) is 1.45. The molecule has 14 heavy (non-hydrogen) atoms. The SMILES string of the molecule is COc1cccc2c1C/C(=N/O)CC2. The van der Waals surface area contributed by atoms with Gasteiger partial charge in [-0.15, -0.1) is 0 Å². The van der Waals surface area contributed by atoms with Gasteiger partial charge in [0.1, 0.15) is 5.75 Å². The quantitative estimate of drug-likeness (QED) is 0.545. The second-order valence-corrected chi connectivity index (χ2v) is 3.44. The van der Waals surface area contributed by atoms with E-state index in [1.54, 1.807) is 7.11 Å². The summed E-state index contributed by atoms with van der Waals surface area (Å²) in [6.07, 6.45) is 2.48. The van der Waals surface area contributed by atoms with Crippen molar-refractivity contribution in [2.24, 2.45) is 5.16 Å². The number of oxime groups is 1. The molecule has 1 aliphatic carbocycles. The van der Waals surface area contributed by atoms with Gasteiger partial charge in [0.25, 0.3) is 0 Å². The van der Waals surface area contributed by atoms with Gasteiger partial charge in [0.2, 0.25) is 0 Å². The van der Waals surface area contributed by atoms with E-state index < -0.39 is 0 Å². The van der Waals surface area contributed by atoms with Crippen LogP contribution in [0, 0.1) is 0 Å². The number of rotatable bonds is 1. The van der Waals surface area contributed by atoms with Gasteiger partial charge in [0, 0.05) is 12.0 Å². The molecule has 0 fully saturated rings. The fraction of sp³-hybridized carbons (Fsp3) is 0.364. The van der Waals surface area contributed by atoms with E-state index in [1.807, 2.05) is 12.1 Å². The maximum Gasteiger partial charge on any atom is 0.122 e. The number of benzene rings is 1. The normalized spacial score (nSPS) is 17.9. The molecule has 1 N–H and O–H groups in total. The Morgan fingerprint density at radius 2 is 2.21 bits per heavy atom. The van der Waals surface area contributed by atoms with Crippen molar-refractivity contribution in [2.45, 2.75) is 19.3 Å². The van der Waals surface area contributed by atoms with Crippen LogP contribution in [0.25, 0.3) is 0 Å². The second-order valence-electron chi connectivity index (χ2n) is 3.44. The van der Waals surface area contributed by atoms with Crippen molar-refractivity contribution in [1.29, 1.82) is 0 Å². The second kappa shape index (κ2) is 3.70. The first-order valence-electron chi connectivity index (χ1n) is 4.69. The average Bonchev–Trinajstić information content (AvgIpc) is 2.27. The van der Waals surface area contributed by atoms with Gasteiger partial charge in [-0.3, -0.25) is 0 Å². The Balaban J connectivity index is 2.42. The third-order valence-corrected chi connectivity index (χ3v) is 2.66. The maximum absolute atomic E-state index is 8.73. The molecule has 0 bridgehead atoms. The monoisotopic (exact) mass is 191 g/mol. The van der Waals surface area contributed by atoms with Crippen LogP contribution >= 0.6 is 0 Å². The molecule has 0 saturated heterocycles. The molecule has 0 heterocycles. The van der Waals surface area contributed by atoms with Crippen LogP contribution < -0.4 is 4.74 Å². The van der Waals surface area contributed by atoms with Crippen molar-refractivity contribution in [3.8, 4) is 5.75 Å². The van der Waals surface area contributed by atoms with E-state index in [4.69, 9.17) is 9.94 Å². The van der Waals surface area contributed by atoms with Crippen LogP contribution in [0.2, 0.25) is 0 Å². The largest absolute Gasteiger partial charge is 0.496 e. The molecule has 1 aromatic rings. The fourth-order valence-electron chi connectivity index (χ4n) is 1.89. The summed E-state index contributed by atoms with van der Waals surface area (Å²) in [6, 6.07) is 6.05. The lowest BCUT2D eigenvalue weighted by atomic mass is 9.90. The van der Waals surface area contributed by atoms with Crippen molar-refractivity contribution < 1.29 is 9.94 Å². The van der Waals surface area contributed by atoms with E-state index in [1.165, 1.54) is 5.56 Å². The highest BCUT2D eigenvalue weighted by Gasteiger charge is 2.17. The molecule has 0 aromatic heterocycles. The molecule has 2 rings (SSSR count). The van der Waals surface area contributed by atoms with E-state index in [9.17, 15) is 0 Å². The van der Waals surface area contributed by atoms with Gasteiger partial charge in [-0.2, -0.15) is 0 Å². The zero-order chi connectivity index (χ0) is 9.97. The number of hydrogen-bond acceptors (Lipinski definition) is 3. The topological polar surface area (TPSA) is 41.8 Å². The minimum Gasteiger partial charge on any atom is -0.496 e. The van der Waals surface area contributed by atoms with Gasteiger partial charge in [-0.1, -0.05) is 17.3 Å². The lowest BCUT2D eigenvalue weighted by Gasteiger charge is -2.18. The standard InChI is InChI=1S/C11H13NO2/c1-14-11-4-2-3-8-5-6-9(12-13)7-10(8)11/h2-4,13H,5-7H2,1H3/b12-9+. The molecule has 0 radical (unpaired) electrons. The van der Waals surface area contributed by atoms with E-state index in [0.717, 1.165) is 29.9 Å². The van der Waals surface area contributed by atoms with Crippen LogP contribution in [0.1, 0.15) is 17.5 Å². The molecule has 1 aromatic carbocycles. The molecule has 3 heteroatoms. The van der Waals surface area contributed by atoms with Crippen molar-refractivity contribution in [2.75, 3.05) is 7.11 Å². The highest BCUT2D eigenvalue weighted by Crippen LogP contribution is 2.28. The average molecular weight is 191 g/mol. The number of methoxy groups -OCH3 is 1. The highest BCUT2D eigenvalue weighted by atomic mass is 16.5. The predicted molar refractivity (Wildman–Crippen MR) is 54.2 cm³/mol. The van der Waals surface area contributed by atoms with Crippen LogP contribution in [0.15, 0.2) is 23.4 Å². The summed E-state index contributed by atoms with van der Waals surface area (Å²) in [6.45, 7) is 0. The molecular formula is C11H13NO2. The van der Waals surface area contributed by atoms with Crippen LogP contribution in [-0.2, 0) is 12.8 Å². The fourth-order valence-corrected chi connectivity index (χ4v) is 1.89. The summed E-state index contributed by atoms with van der Waals surface area (Å²) in [7, 11) is 1.67. The predicted octanol–water partition coefficient (Wildman–Crippen LogP) is 2.01. The van der Waals surface area contributed by atoms with Gasteiger partial charge < -0.3 is 9.94 Å². The maximum atomic E-state index is 8.73. The molecule has 0 spiro atoms. The van der Waals surface area contributed by atoms with Crippen molar-refractivity contribution >= 4 is 5.71 Å². The van der Waals surface area contributed by atoms with Gasteiger partial charge in [0.05, 0.1) is 12.8 Å². The summed E-state index contributed by atoms with van der Waals surface area (Å²) in [5.41, 5.74) is 3.30. The van der Waals surface area contributed by atoms with Crippen LogP contribution in [0.4, 0.5) is 0 Å². The number of aryl methyl sites for hydroxylation is 1. The molecule has 74 valence electrons. The first kappa shape index (κ1) is 9.06. The molecule has 0 atom stereocenters. The molecular weight excluding hydrogens is 178 g/mol. The van der Waals surface area contributed by atoms with Crippen molar-refractivity contribution in [1.82, 2.24) is 0 Å². The van der Waals surface area contributed by atoms with Gasteiger partial charge in [-0.25, -0.2) is 0 Å². The number of fused-ring (bicyclic) bond motifs is 1. The van der Waals surface area contributed by atoms with E-state index in [0.29, 0.717) is 6.42 Å². The van der Waals surface area contributed by atoms with Crippen LogP contribution in [0.5, 0.6) is 5.75 Å². The summed E-state index contributed by atoms with van der Waals surface area (Å²) in [5, 5.41) is 12.0. The molecule has 0 saturated carbocycles. The molecule has 0 unspecified atom stereocenters. The lowest BCUT2D eigenvalue weighted by molar-refractivity contribution is 0.316. The van der Waals surface area contributed by atoms with E-state index in [-0.39, 0.29) is 0 Å². The van der Waals surface area contributed by atoms with Crippen LogP contribution in [0.3, 0.4) is 0 Å². The number of hydrogen-bond donors (Lipinski definition) is 1. The van der Waals surface area contributed by atoms with Gasteiger partial charge in [-0.05, 0) is 24.5 Å². The van der Waals surface area contributed by atoms with E-state index in [2.05, 4.69) is 11.2 Å². The van der Waals surface area contributed by atoms with E-state index >= 15 is 0 Å². The molecule has 3 nitrogen and oxygen atoms in total. The molecule has 0 aliphatic heterocycles. The summed E-state index contributed by atoms with van der Waals surface area (Å²) in [4.78, 5) is 0. The Morgan fingerprint density at radius 1 is 1.36 bits per heavy atom. The Kier molecular flexibility index (Phi) is 2.39. The minimum absolute atomic E-state index is 0.704.